The average Bonchev–Trinajstić information content (AvgIpc) is 2.73. The van der Waals surface area contributed by atoms with Gasteiger partial charge in [-0.15, -0.1) is 0 Å². The number of benzene rings is 1. The van der Waals surface area contributed by atoms with Crippen LogP contribution in [-0.4, -0.2) is 25.7 Å². The van der Waals surface area contributed by atoms with Crippen LogP contribution in [-0.2, 0) is 10.0 Å². The minimum absolute atomic E-state index is 0.0193. The van der Waals surface area contributed by atoms with Crippen molar-refractivity contribution >= 4 is 21.5 Å². The number of hydrogen-bond acceptors (Lipinski definition) is 4. The van der Waals surface area contributed by atoms with E-state index in [1.54, 1.807) is 12.1 Å². The van der Waals surface area contributed by atoms with Crippen molar-refractivity contribution in [2.45, 2.75) is 18.7 Å². The zero-order valence-electron chi connectivity index (χ0n) is 11.0. The number of anilines is 2. The molecule has 7 heteroatoms. The number of aryl methyl sites for hydroxylation is 2. The molecule has 102 valence electrons. The molecule has 0 saturated carbocycles. The van der Waals surface area contributed by atoms with Crippen molar-refractivity contribution in [3.63, 3.8) is 0 Å². The normalized spacial score (nSPS) is 11.5. The van der Waals surface area contributed by atoms with Gasteiger partial charge in [0.25, 0.3) is 10.0 Å². The lowest BCUT2D eigenvalue weighted by Gasteiger charge is -2.19. The van der Waals surface area contributed by atoms with Crippen molar-refractivity contribution in [1.29, 1.82) is 0 Å². The number of aromatic amines is 1. The van der Waals surface area contributed by atoms with E-state index in [0.29, 0.717) is 5.69 Å². The van der Waals surface area contributed by atoms with E-state index in [0.717, 1.165) is 11.1 Å². The Morgan fingerprint density at radius 3 is 2.26 bits per heavy atom. The molecule has 0 aliphatic heterocycles. The lowest BCUT2D eigenvalue weighted by atomic mass is 10.1. The van der Waals surface area contributed by atoms with Crippen LogP contribution in [0.15, 0.2) is 29.3 Å². The Hall–Kier alpha value is -2.02. The average molecular weight is 280 g/mol. The lowest BCUT2D eigenvalue weighted by Crippen LogP contribution is -2.27. The molecule has 6 nitrogen and oxygen atoms in total. The van der Waals surface area contributed by atoms with E-state index < -0.39 is 10.0 Å². The molecule has 19 heavy (non-hydrogen) atoms. The summed E-state index contributed by atoms with van der Waals surface area (Å²) in [5.74, 6) is 0.0382. The molecule has 0 aliphatic rings. The maximum absolute atomic E-state index is 12.4. The minimum Gasteiger partial charge on any atom is -0.383 e. The van der Waals surface area contributed by atoms with Gasteiger partial charge in [-0.05, 0) is 37.1 Å². The topological polar surface area (TPSA) is 92.1 Å². The van der Waals surface area contributed by atoms with Gasteiger partial charge in [-0.3, -0.25) is 9.40 Å². The number of nitrogens with zero attached hydrogens (tertiary/aromatic N) is 2. The molecule has 0 spiro atoms. The maximum atomic E-state index is 12.4. The zero-order valence-corrected chi connectivity index (χ0v) is 11.8. The Morgan fingerprint density at radius 2 is 1.79 bits per heavy atom. The van der Waals surface area contributed by atoms with Crippen LogP contribution in [0, 0.1) is 13.8 Å². The third-order valence-electron chi connectivity index (χ3n) is 2.84. The van der Waals surface area contributed by atoms with Crippen LogP contribution in [0.5, 0.6) is 0 Å². The van der Waals surface area contributed by atoms with Gasteiger partial charge in [0.15, 0.2) is 0 Å². The molecule has 1 aromatic heterocycles. The molecule has 0 bridgehead atoms. The first-order chi connectivity index (χ1) is 8.82. The van der Waals surface area contributed by atoms with Crippen molar-refractivity contribution in [3.05, 3.63) is 35.5 Å². The highest BCUT2D eigenvalue weighted by Gasteiger charge is 2.25. The van der Waals surface area contributed by atoms with Crippen molar-refractivity contribution < 1.29 is 8.42 Å². The summed E-state index contributed by atoms with van der Waals surface area (Å²) in [5.41, 5.74) is 8.17. The summed E-state index contributed by atoms with van der Waals surface area (Å²) in [5, 5.41) is 6.07. The minimum atomic E-state index is -3.70. The highest BCUT2D eigenvalue weighted by atomic mass is 32.2. The number of sulfonamides is 1. The number of H-pyrrole nitrogens is 1. The smallest absolute Gasteiger partial charge is 0.269 e. The molecule has 2 rings (SSSR count). The van der Waals surface area contributed by atoms with E-state index in [1.165, 1.54) is 17.5 Å². The van der Waals surface area contributed by atoms with Crippen molar-refractivity contribution in [2.24, 2.45) is 0 Å². The van der Waals surface area contributed by atoms with Gasteiger partial charge in [0.2, 0.25) is 0 Å². The standard InChI is InChI=1S/C12H16N4O2S/c1-8-4-9(2)6-10(5-8)16(3)19(17,18)11-7-14-15-12(11)13/h4-7H,1-3H3,(H3,13,14,15). The fourth-order valence-electron chi connectivity index (χ4n) is 1.91. The van der Waals surface area contributed by atoms with Gasteiger partial charge < -0.3 is 5.73 Å². The van der Waals surface area contributed by atoms with Gasteiger partial charge in [-0.25, -0.2) is 8.42 Å². The van der Waals surface area contributed by atoms with Crippen LogP contribution in [0.2, 0.25) is 0 Å². The molecule has 2 aromatic rings. The predicted molar refractivity (Wildman–Crippen MR) is 74.5 cm³/mol. The Bertz CT molecular complexity index is 686. The summed E-state index contributed by atoms with van der Waals surface area (Å²) in [7, 11) is -2.20. The SMILES string of the molecule is Cc1cc(C)cc(N(C)S(=O)(=O)c2cn[nH]c2N)c1. The van der Waals surface area contributed by atoms with Gasteiger partial charge in [-0.1, -0.05) is 6.07 Å². The first kappa shape index (κ1) is 13.4. The third kappa shape index (κ3) is 2.41. The molecule has 0 radical (unpaired) electrons. The Balaban J connectivity index is 2.49. The summed E-state index contributed by atoms with van der Waals surface area (Å²) in [4.78, 5) is -0.0193. The Morgan fingerprint density at radius 1 is 1.21 bits per heavy atom. The van der Waals surface area contributed by atoms with Gasteiger partial charge in [0.1, 0.15) is 10.7 Å². The molecular formula is C12H16N4O2S. The lowest BCUT2D eigenvalue weighted by molar-refractivity contribution is 0.595. The molecule has 0 unspecified atom stereocenters. The van der Waals surface area contributed by atoms with E-state index >= 15 is 0 Å². The zero-order chi connectivity index (χ0) is 14.2. The van der Waals surface area contributed by atoms with Crippen molar-refractivity contribution in [2.75, 3.05) is 17.1 Å². The molecule has 3 N–H and O–H groups in total. The van der Waals surface area contributed by atoms with Crippen molar-refractivity contribution in [3.8, 4) is 0 Å². The number of aromatic nitrogens is 2. The second-order valence-electron chi connectivity index (χ2n) is 4.47. The molecular weight excluding hydrogens is 264 g/mol. The fourth-order valence-corrected chi connectivity index (χ4v) is 3.10. The highest BCUT2D eigenvalue weighted by Crippen LogP contribution is 2.25. The van der Waals surface area contributed by atoms with E-state index in [4.69, 9.17) is 5.73 Å². The van der Waals surface area contributed by atoms with Crippen LogP contribution in [0.3, 0.4) is 0 Å². The number of nitrogens with one attached hydrogen (secondary N) is 1. The largest absolute Gasteiger partial charge is 0.383 e. The second kappa shape index (κ2) is 4.58. The molecule has 0 amide bonds. The van der Waals surface area contributed by atoms with Gasteiger partial charge >= 0.3 is 0 Å². The number of nitrogens with two attached hydrogens (primary N) is 1. The Labute approximate surface area is 112 Å². The quantitative estimate of drug-likeness (QED) is 0.889. The van der Waals surface area contributed by atoms with E-state index in [9.17, 15) is 8.42 Å². The molecule has 0 saturated heterocycles. The molecule has 1 aromatic carbocycles. The number of rotatable bonds is 3. The van der Waals surface area contributed by atoms with Gasteiger partial charge in [0.05, 0.1) is 11.9 Å². The maximum Gasteiger partial charge on any atom is 0.269 e. The van der Waals surface area contributed by atoms with Crippen LogP contribution in [0.1, 0.15) is 11.1 Å². The molecule has 0 atom stereocenters. The van der Waals surface area contributed by atoms with Gasteiger partial charge in [0, 0.05) is 7.05 Å². The predicted octanol–water partition coefficient (Wildman–Crippen LogP) is 1.43. The van der Waals surface area contributed by atoms with E-state index in [-0.39, 0.29) is 10.7 Å². The first-order valence-corrected chi connectivity index (χ1v) is 7.12. The van der Waals surface area contributed by atoms with Gasteiger partial charge in [-0.2, -0.15) is 5.10 Å². The summed E-state index contributed by atoms with van der Waals surface area (Å²) >= 11 is 0. The van der Waals surface area contributed by atoms with Crippen LogP contribution in [0.25, 0.3) is 0 Å². The van der Waals surface area contributed by atoms with Crippen molar-refractivity contribution in [1.82, 2.24) is 10.2 Å². The van der Waals surface area contributed by atoms with E-state index in [2.05, 4.69) is 10.2 Å². The Kier molecular flexibility index (Phi) is 3.23. The third-order valence-corrected chi connectivity index (χ3v) is 4.65. The molecule has 0 aliphatic carbocycles. The summed E-state index contributed by atoms with van der Waals surface area (Å²) in [6.07, 6.45) is 1.21. The number of nitrogen functional groups attached to an aromatic ring is 1. The fraction of sp³-hybridized carbons (Fsp3) is 0.250. The summed E-state index contributed by atoms with van der Waals surface area (Å²) < 4.78 is 26.0. The van der Waals surface area contributed by atoms with E-state index in [1.807, 2.05) is 19.9 Å². The summed E-state index contributed by atoms with van der Waals surface area (Å²) in [6.45, 7) is 3.84. The highest BCUT2D eigenvalue weighted by molar-refractivity contribution is 7.93. The van der Waals surface area contributed by atoms with Crippen LogP contribution < -0.4 is 10.0 Å². The molecule has 1 heterocycles. The second-order valence-corrected chi connectivity index (χ2v) is 6.40. The molecule has 0 fully saturated rings. The first-order valence-electron chi connectivity index (χ1n) is 5.68. The monoisotopic (exact) mass is 280 g/mol. The summed E-state index contributed by atoms with van der Waals surface area (Å²) in [6, 6.07) is 5.60. The van der Waals surface area contributed by atoms with Crippen LogP contribution in [0.4, 0.5) is 11.5 Å². The van der Waals surface area contributed by atoms with Crippen LogP contribution >= 0.6 is 0 Å². The number of hydrogen-bond donors (Lipinski definition) is 2.